The van der Waals surface area contributed by atoms with Gasteiger partial charge in [0.1, 0.15) is 5.75 Å². The minimum Gasteiger partial charge on any atom is -0.490 e. The van der Waals surface area contributed by atoms with Crippen molar-refractivity contribution in [2.24, 2.45) is 0 Å². The highest BCUT2D eigenvalue weighted by Crippen LogP contribution is 2.26. The van der Waals surface area contributed by atoms with Gasteiger partial charge in [-0.1, -0.05) is 89.5 Å². The summed E-state index contributed by atoms with van der Waals surface area (Å²) in [7, 11) is 0. The predicted molar refractivity (Wildman–Crippen MR) is 108 cm³/mol. The highest BCUT2D eigenvalue weighted by atomic mass is 16.5. The molecule has 0 heterocycles. The third-order valence-electron chi connectivity index (χ3n) is 4.64. The molecule has 0 aliphatic heterocycles. The first-order chi connectivity index (χ1) is 11.6. The molecular formula is C23H38O. The topological polar surface area (TPSA) is 9.23 Å². The van der Waals surface area contributed by atoms with E-state index in [9.17, 15) is 0 Å². The second-order valence-electron chi connectivity index (χ2n) is 7.18. The van der Waals surface area contributed by atoms with Crippen molar-refractivity contribution in [2.45, 2.75) is 97.5 Å². The molecule has 24 heavy (non-hydrogen) atoms. The van der Waals surface area contributed by atoms with Gasteiger partial charge in [-0.05, 0) is 38.3 Å². The van der Waals surface area contributed by atoms with Crippen molar-refractivity contribution < 1.29 is 4.74 Å². The van der Waals surface area contributed by atoms with Crippen LogP contribution in [0.3, 0.4) is 0 Å². The number of unbranched alkanes of at least 4 members (excludes halogenated alkanes) is 9. The second kappa shape index (κ2) is 13.1. The molecule has 0 amide bonds. The molecule has 0 radical (unpaired) electrons. The fraction of sp³-hybridized carbons (Fsp3) is 0.652. The summed E-state index contributed by atoms with van der Waals surface area (Å²) in [5.74, 6) is 0.976. The lowest BCUT2D eigenvalue weighted by Crippen LogP contribution is -2.12. The fourth-order valence-corrected chi connectivity index (χ4v) is 3.12. The van der Waals surface area contributed by atoms with Crippen LogP contribution in [0.25, 0.3) is 5.57 Å². The Kier molecular flexibility index (Phi) is 11.4. The normalized spacial score (nSPS) is 12.1. The molecule has 0 N–H and O–H groups in total. The number of allylic oxidation sites excluding steroid dienone is 1. The van der Waals surface area contributed by atoms with Gasteiger partial charge in [-0.3, -0.25) is 0 Å². The number of rotatable bonds is 14. The van der Waals surface area contributed by atoms with Crippen molar-refractivity contribution in [3.05, 3.63) is 36.4 Å². The van der Waals surface area contributed by atoms with Crippen molar-refractivity contribution >= 4 is 5.57 Å². The summed E-state index contributed by atoms with van der Waals surface area (Å²) in [4.78, 5) is 0. The van der Waals surface area contributed by atoms with Crippen molar-refractivity contribution in [1.29, 1.82) is 0 Å². The Morgan fingerprint density at radius 3 is 2.04 bits per heavy atom. The molecule has 1 atom stereocenters. The molecule has 0 bridgehead atoms. The lowest BCUT2D eigenvalue weighted by atomic mass is 10.0. The van der Waals surface area contributed by atoms with Crippen LogP contribution < -0.4 is 4.74 Å². The molecule has 1 nitrogen and oxygen atoms in total. The molecule has 1 rings (SSSR count). The third kappa shape index (κ3) is 9.15. The van der Waals surface area contributed by atoms with Gasteiger partial charge in [0.2, 0.25) is 0 Å². The molecule has 1 heteroatoms. The average molecular weight is 331 g/mol. The molecule has 1 aromatic carbocycles. The molecule has 0 aliphatic rings. The Morgan fingerprint density at radius 1 is 0.917 bits per heavy atom. The fourth-order valence-electron chi connectivity index (χ4n) is 3.12. The van der Waals surface area contributed by atoms with Crippen LogP contribution in [0.1, 0.15) is 97.0 Å². The summed E-state index contributed by atoms with van der Waals surface area (Å²) in [6.07, 6.45) is 15.3. The predicted octanol–water partition coefficient (Wildman–Crippen LogP) is 7.80. The number of ether oxygens (including phenoxy) is 1. The second-order valence-corrected chi connectivity index (χ2v) is 7.18. The summed E-state index contributed by atoms with van der Waals surface area (Å²) in [6.45, 7) is 10.5. The van der Waals surface area contributed by atoms with Crippen LogP contribution in [0.4, 0.5) is 0 Å². The molecule has 0 spiro atoms. The Labute approximate surface area is 150 Å². The first kappa shape index (κ1) is 20.8. The highest BCUT2D eigenvalue weighted by molar-refractivity contribution is 5.66. The smallest absolute Gasteiger partial charge is 0.127 e. The number of benzene rings is 1. The van der Waals surface area contributed by atoms with E-state index in [1.165, 1.54) is 64.2 Å². The van der Waals surface area contributed by atoms with E-state index in [4.69, 9.17) is 4.74 Å². The first-order valence-electron chi connectivity index (χ1n) is 10.1. The van der Waals surface area contributed by atoms with Crippen LogP contribution in [0.5, 0.6) is 5.75 Å². The van der Waals surface area contributed by atoms with Crippen LogP contribution in [0.15, 0.2) is 30.8 Å². The zero-order valence-electron chi connectivity index (χ0n) is 16.3. The summed E-state index contributed by atoms with van der Waals surface area (Å²) in [5.41, 5.74) is 2.20. The lowest BCUT2D eigenvalue weighted by Gasteiger charge is -2.17. The van der Waals surface area contributed by atoms with Gasteiger partial charge in [-0.15, -0.1) is 0 Å². The maximum Gasteiger partial charge on any atom is 0.127 e. The summed E-state index contributed by atoms with van der Waals surface area (Å²) >= 11 is 0. The van der Waals surface area contributed by atoms with Gasteiger partial charge < -0.3 is 4.74 Å². The Morgan fingerprint density at radius 2 is 1.46 bits per heavy atom. The van der Waals surface area contributed by atoms with E-state index in [1.807, 2.05) is 19.1 Å². The number of hydrogen-bond donors (Lipinski definition) is 0. The van der Waals surface area contributed by atoms with E-state index in [1.54, 1.807) is 0 Å². The Balaban J connectivity index is 2.08. The minimum absolute atomic E-state index is 0.277. The zero-order valence-corrected chi connectivity index (χ0v) is 16.3. The minimum atomic E-state index is 0.277. The van der Waals surface area contributed by atoms with Gasteiger partial charge in [0.25, 0.3) is 0 Å². The van der Waals surface area contributed by atoms with E-state index in [0.717, 1.165) is 23.3 Å². The zero-order chi connectivity index (χ0) is 17.6. The van der Waals surface area contributed by atoms with Gasteiger partial charge >= 0.3 is 0 Å². The summed E-state index contributed by atoms with van der Waals surface area (Å²) < 4.78 is 6.13. The molecule has 0 aromatic heterocycles. The van der Waals surface area contributed by atoms with Crippen LogP contribution in [0.2, 0.25) is 0 Å². The Hall–Kier alpha value is -1.24. The van der Waals surface area contributed by atoms with E-state index in [0.29, 0.717) is 0 Å². The average Bonchev–Trinajstić information content (AvgIpc) is 2.57. The summed E-state index contributed by atoms with van der Waals surface area (Å²) in [6, 6.07) is 8.22. The van der Waals surface area contributed by atoms with Crippen molar-refractivity contribution in [1.82, 2.24) is 0 Å². The van der Waals surface area contributed by atoms with Gasteiger partial charge in [0.05, 0.1) is 6.10 Å². The van der Waals surface area contributed by atoms with E-state index in [-0.39, 0.29) is 6.10 Å². The van der Waals surface area contributed by atoms with Crippen LogP contribution in [-0.4, -0.2) is 6.10 Å². The van der Waals surface area contributed by atoms with Crippen LogP contribution >= 0.6 is 0 Å². The van der Waals surface area contributed by atoms with Gasteiger partial charge in [-0.2, -0.15) is 0 Å². The third-order valence-corrected chi connectivity index (χ3v) is 4.64. The van der Waals surface area contributed by atoms with Crippen molar-refractivity contribution in [3.8, 4) is 5.75 Å². The van der Waals surface area contributed by atoms with Crippen LogP contribution in [0, 0.1) is 0 Å². The standard InChI is InChI=1S/C23H38O/c1-5-6-7-8-9-10-11-12-13-14-17-21(4)24-23-19-16-15-18-22(23)20(2)3/h15-16,18-19,21H,2,5-14,17H2,1,3-4H3. The first-order valence-corrected chi connectivity index (χ1v) is 10.1. The van der Waals surface area contributed by atoms with E-state index < -0.39 is 0 Å². The highest BCUT2D eigenvalue weighted by Gasteiger charge is 2.08. The van der Waals surface area contributed by atoms with E-state index >= 15 is 0 Å². The van der Waals surface area contributed by atoms with Crippen molar-refractivity contribution in [3.63, 3.8) is 0 Å². The van der Waals surface area contributed by atoms with Gasteiger partial charge in [-0.25, -0.2) is 0 Å². The molecule has 0 aliphatic carbocycles. The molecular weight excluding hydrogens is 292 g/mol. The molecule has 136 valence electrons. The quantitative estimate of drug-likeness (QED) is 0.316. The molecule has 1 aromatic rings. The van der Waals surface area contributed by atoms with E-state index in [2.05, 4.69) is 32.6 Å². The van der Waals surface area contributed by atoms with Gasteiger partial charge in [0, 0.05) is 5.56 Å². The molecule has 0 fully saturated rings. The lowest BCUT2D eigenvalue weighted by molar-refractivity contribution is 0.205. The summed E-state index contributed by atoms with van der Waals surface area (Å²) in [5, 5.41) is 0. The molecule has 1 unspecified atom stereocenters. The monoisotopic (exact) mass is 330 g/mol. The SMILES string of the molecule is C=C(C)c1ccccc1OC(C)CCCCCCCCCCCC. The Bertz CT molecular complexity index is 449. The largest absolute Gasteiger partial charge is 0.490 e. The van der Waals surface area contributed by atoms with Crippen LogP contribution in [-0.2, 0) is 0 Å². The van der Waals surface area contributed by atoms with Crippen molar-refractivity contribution in [2.75, 3.05) is 0 Å². The maximum atomic E-state index is 6.13. The number of para-hydroxylation sites is 1. The number of hydrogen-bond acceptors (Lipinski definition) is 1. The maximum absolute atomic E-state index is 6.13. The molecule has 0 saturated heterocycles. The molecule has 0 saturated carbocycles. The van der Waals surface area contributed by atoms with Gasteiger partial charge in [0.15, 0.2) is 0 Å².